The smallest absolute Gasteiger partial charge is 0.224 e. The molecule has 116 valence electrons. The predicted octanol–water partition coefficient (Wildman–Crippen LogP) is 2.09. The van der Waals surface area contributed by atoms with Crippen LogP contribution in [0.4, 0.5) is 0 Å². The van der Waals surface area contributed by atoms with E-state index in [1.54, 1.807) is 0 Å². The van der Waals surface area contributed by atoms with E-state index >= 15 is 0 Å². The highest BCUT2D eigenvalue weighted by molar-refractivity contribution is 5.79. The van der Waals surface area contributed by atoms with Crippen LogP contribution in [0.5, 0.6) is 0 Å². The van der Waals surface area contributed by atoms with Gasteiger partial charge < -0.3 is 10.6 Å². The molecule has 0 saturated carbocycles. The Morgan fingerprint density at radius 2 is 1.71 bits per heavy atom. The van der Waals surface area contributed by atoms with Crippen LogP contribution < -0.4 is 10.6 Å². The molecule has 0 fully saturated rings. The summed E-state index contributed by atoms with van der Waals surface area (Å²) >= 11 is 0. The normalized spacial score (nSPS) is 11.1. The predicted molar refractivity (Wildman–Crippen MR) is 85.3 cm³/mol. The fourth-order valence-corrected chi connectivity index (χ4v) is 2.04. The molecule has 0 saturated heterocycles. The van der Waals surface area contributed by atoms with Crippen molar-refractivity contribution in [3.8, 4) is 0 Å². The van der Waals surface area contributed by atoms with E-state index in [9.17, 15) is 9.59 Å². The Balaban J connectivity index is 2.55. The van der Waals surface area contributed by atoms with Crippen molar-refractivity contribution in [2.24, 2.45) is 0 Å². The van der Waals surface area contributed by atoms with Crippen molar-refractivity contribution in [3.63, 3.8) is 0 Å². The van der Waals surface area contributed by atoms with Gasteiger partial charge in [0.1, 0.15) is 0 Å². The minimum atomic E-state index is -0.0853. The van der Waals surface area contributed by atoms with Crippen LogP contribution in [0.25, 0.3) is 0 Å². The molecule has 0 aliphatic heterocycles. The number of hydrogen-bond donors (Lipinski definition) is 2. The number of nitrogens with one attached hydrogen (secondary N) is 2. The largest absolute Gasteiger partial charge is 0.355 e. The molecule has 0 radical (unpaired) electrons. The Hall–Kier alpha value is -1.84. The lowest BCUT2D eigenvalue weighted by Gasteiger charge is -2.20. The average molecular weight is 290 g/mol. The maximum Gasteiger partial charge on any atom is 0.224 e. The van der Waals surface area contributed by atoms with Gasteiger partial charge in [-0.2, -0.15) is 0 Å². The molecule has 0 atom stereocenters. The Morgan fingerprint density at radius 3 is 2.24 bits per heavy atom. The van der Waals surface area contributed by atoms with Gasteiger partial charge in [-0.05, 0) is 29.0 Å². The first-order valence-electron chi connectivity index (χ1n) is 7.31. The Labute approximate surface area is 127 Å². The number of amides is 2. The second-order valence-corrected chi connectivity index (χ2v) is 6.40. The highest BCUT2D eigenvalue weighted by Gasteiger charge is 2.15. The van der Waals surface area contributed by atoms with Gasteiger partial charge in [-0.15, -0.1) is 0 Å². The zero-order valence-electron chi connectivity index (χ0n) is 13.7. The molecule has 2 amide bonds. The fraction of sp³-hybridized carbons (Fsp3) is 0.529. The van der Waals surface area contributed by atoms with Crippen molar-refractivity contribution in [1.82, 2.24) is 10.6 Å². The molecule has 0 bridgehead atoms. The van der Waals surface area contributed by atoms with Crippen molar-refractivity contribution >= 4 is 11.8 Å². The summed E-state index contributed by atoms with van der Waals surface area (Å²) in [5.41, 5.74) is 3.57. The third-order valence-electron chi connectivity index (χ3n) is 3.38. The first-order valence-corrected chi connectivity index (χ1v) is 7.31. The van der Waals surface area contributed by atoms with Crippen LogP contribution in [-0.2, 0) is 21.4 Å². The Kier molecular flexibility index (Phi) is 5.94. The van der Waals surface area contributed by atoms with Crippen molar-refractivity contribution < 1.29 is 9.59 Å². The van der Waals surface area contributed by atoms with E-state index in [0.29, 0.717) is 19.5 Å². The van der Waals surface area contributed by atoms with E-state index in [1.165, 1.54) is 12.5 Å². The van der Waals surface area contributed by atoms with E-state index in [-0.39, 0.29) is 17.2 Å². The summed E-state index contributed by atoms with van der Waals surface area (Å²) in [5.74, 6) is -0.107. The number of benzene rings is 1. The number of carbonyl (C=O) groups excluding carboxylic acids is 2. The second kappa shape index (κ2) is 7.25. The third kappa shape index (κ3) is 5.98. The minimum Gasteiger partial charge on any atom is -0.355 e. The molecule has 1 aromatic carbocycles. The number of carbonyl (C=O) groups is 2. The maximum absolute atomic E-state index is 11.9. The molecule has 0 aliphatic rings. The van der Waals surface area contributed by atoms with Crippen LogP contribution in [-0.4, -0.2) is 24.9 Å². The zero-order chi connectivity index (χ0) is 16.0. The Morgan fingerprint density at radius 1 is 1.10 bits per heavy atom. The van der Waals surface area contributed by atoms with Crippen LogP contribution in [0.1, 0.15) is 44.4 Å². The van der Waals surface area contributed by atoms with Gasteiger partial charge in [-0.3, -0.25) is 9.59 Å². The SMILES string of the molecule is CC(=O)NCCNC(=O)Cc1ccc(C(C)(C)C)cc1C. The molecular formula is C17H26N2O2. The van der Waals surface area contributed by atoms with Crippen LogP contribution in [0.3, 0.4) is 0 Å². The van der Waals surface area contributed by atoms with Gasteiger partial charge in [0.15, 0.2) is 0 Å². The molecule has 0 spiro atoms. The molecule has 0 unspecified atom stereocenters. The molecule has 1 rings (SSSR count). The van der Waals surface area contributed by atoms with Crippen LogP contribution >= 0.6 is 0 Å². The summed E-state index contributed by atoms with van der Waals surface area (Å²) in [6.07, 6.45) is 0.371. The van der Waals surface area contributed by atoms with Crippen LogP contribution in [0.15, 0.2) is 18.2 Å². The lowest BCUT2D eigenvalue weighted by Crippen LogP contribution is -2.34. The number of aryl methyl sites for hydroxylation is 1. The van der Waals surface area contributed by atoms with E-state index in [1.807, 2.05) is 13.0 Å². The average Bonchev–Trinajstić information content (AvgIpc) is 2.35. The van der Waals surface area contributed by atoms with Gasteiger partial charge in [0, 0.05) is 20.0 Å². The highest BCUT2D eigenvalue weighted by Crippen LogP contribution is 2.24. The monoisotopic (exact) mass is 290 g/mol. The standard InChI is InChI=1S/C17H26N2O2/c1-12-10-15(17(3,4)5)7-6-14(12)11-16(21)19-9-8-18-13(2)20/h6-7,10H,8-9,11H2,1-5H3,(H,18,20)(H,19,21). The van der Waals surface area contributed by atoms with E-state index in [4.69, 9.17) is 0 Å². The number of hydrogen-bond acceptors (Lipinski definition) is 2. The van der Waals surface area contributed by atoms with E-state index < -0.39 is 0 Å². The molecule has 2 N–H and O–H groups in total. The topological polar surface area (TPSA) is 58.2 Å². The molecule has 4 nitrogen and oxygen atoms in total. The summed E-state index contributed by atoms with van der Waals surface area (Å²) in [4.78, 5) is 22.6. The van der Waals surface area contributed by atoms with Gasteiger partial charge in [0.2, 0.25) is 11.8 Å². The van der Waals surface area contributed by atoms with Gasteiger partial charge in [-0.25, -0.2) is 0 Å². The summed E-state index contributed by atoms with van der Waals surface area (Å²) in [5, 5.41) is 5.45. The summed E-state index contributed by atoms with van der Waals surface area (Å²) in [6.45, 7) is 10.9. The summed E-state index contributed by atoms with van der Waals surface area (Å²) in [6, 6.07) is 6.27. The van der Waals surface area contributed by atoms with E-state index in [0.717, 1.165) is 11.1 Å². The van der Waals surface area contributed by atoms with Crippen LogP contribution in [0.2, 0.25) is 0 Å². The van der Waals surface area contributed by atoms with Gasteiger partial charge in [0.05, 0.1) is 6.42 Å². The second-order valence-electron chi connectivity index (χ2n) is 6.40. The van der Waals surface area contributed by atoms with Gasteiger partial charge in [-0.1, -0.05) is 39.0 Å². The fourth-order valence-electron chi connectivity index (χ4n) is 2.04. The molecule has 1 aromatic rings. The quantitative estimate of drug-likeness (QED) is 0.816. The summed E-state index contributed by atoms with van der Waals surface area (Å²) in [7, 11) is 0. The first-order chi connectivity index (χ1) is 9.70. The molecule has 21 heavy (non-hydrogen) atoms. The minimum absolute atomic E-state index is 0.0213. The van der Waals surface area contributed by atoms with Crippen molar-refractivity contribution in [1.29, 1.82) is 0 Å². The van der Waals surface area contributed by atoms with Crippen molar-refractivity contribution in [3.05, 3.63) is 34.9 Å². The molecule has 4 heteroatoms. The van der Waals surface area contributed by atoms with E-state index in [2.05, 4.69) is 43.5 Å². The third-order valence-corrected chi connectivity index (χ3v) is 3.38. The van der Waals surface area contributed by atoms with Crippen LogP contribution in [0, 0.1) is 6.92 Å². The molecule has 0 heterocycles. The van der Waals surface area contributed by atoms with Crippen molar-refractivity contribution in [2.75, 3.05) is 13.1 Å². The zero-order valence-corrected chi connectivity index (χ0v) is 13.7. The molecule has 0 aromatic heterocycles. The maximum atomic E-state index is 11.9. The lowest BCUT2D eigenvalue weighted by molar-refractivity contribution is -0.121. The summed E-state index contributed by atoms with van der Waals surface area (Å²) < 4.78 is 0. The Bertz CT molecular complexity index is 516. The van der Waals surface area contributed by atoms with Gasteiger partial charge in [0.25, 0.3) is 0 Å². The highest BCUT2D eigenvalue weighted by atomic mass is 16.2. The van der Waals surface area contributed by atoms with Gasteiger partial charge >= 0.3 is 0 Å². The van der Waals surface area contributed by atoms with Crippen molar-refractivity contribution in [2.45, 2.75) is 46.5 Å². The molecule has 0 aliphatic carbocycles. The number of rotatable bonds is 5. The lowest BCUT2D eigenvalue weighted by atomic mass is 9.85. The first kappa shape index (κ1) is 17.2. The molecular weight excluding hydrogens is 264 g/mol.